The molecule has 2 rings (SSSR count). The summed E-state index contributed by atoms with van der Waals surface area (Å²) in [4.78, 5) is 35.9. The zero-order valence-electron chi connectivity index (χ0n) is 13.4. The standard InChI is InChI=1S/C18H18N2O4/c1-11(2)19-17(22)14-9-5-6-10-15(14)20-16(21)12-7-3-4-8-13(12)18(23)24/h3-11H,1-2H3,(H,19,22)(H,20,21)(H,23,24). The second kappa shape index (κ2) is 7.41. The third-order valence-corrected chi connectivity index (χ3v) is 3.24. The highest BCUT2D eigenvalue weighted by atomic mass is 16.4. The van der Waals surface area contributed by atoms with Crippen LogP contribution in [-0.2, 0) is 0 Å². The van der Waals surface area contributed by atoms with Gasteiger partial charge in [0.15, 0.2) is 0 Å². The van der Waals surface area contributed by atoms with E-state index in [2.05, 4.69) is 10.6 Å². The fourth-order valence-electron chi connectivity index (χ4n) is 2.19. The van der Waals surface area contributed by atoms with Crippen LogP contribution in [0, 0.1) is 0 Å². The highest BCUT2D eigenvalue weighted by Gasteiger charge is 2.18. The molecule has 0 aliphatic rings. The van der Waals surface area contributed by atoms with Crippen molar-refractivity contribution >= 4 is 23.5 Å². The molecular formula is C18H18N2O4. The largest absolute Gasteiger partial charge is 0.478 e. The third-order valence-electron chi connectivity index (χ3n) is 3.24. The first-order chi connectivity index (χ1) is 11.4. The number of anilines is 1. The molecule has 0 fully saturated rings. The number of nitrogens with one attached hydrogen (secondary N) is 2. The molecule has 2 amide bonds. The lowest BCUT2D eigenvalue weighted by Gasteiger charge is -2.13. The second-order valence-electron chi connectivity index (χ2n) is 5.48. The van der Waals surface area contributed by atoms with Crippen LogP contribution in [-0.4, -0.2) is 28.9 Å². The Morgan fingerprint density at radius 2 is 1.38 bits per heavy atom. The predicted molar refractivity (Wildman–Crippen MR) is 90.4 cm³/mol. The molecule has 0 spiro atoms. The molecule has 0 saturated carbocycles. The Bertz CT molecular complexity index is 784. The molecule has 3 N–H and O–H groups in total. The number of carbonyl (C=O) groups is 3. The van der Waals surface area contributed by atoms with Crippen molar-refractivity contribution in [1.29, 1.82) is 0 Å². The third kappa shape index (κ3) is 3.98. The Kier molecular flexibility index (Phi) is 5.31. The van der Waals surface area contributed by atoms with Gasteiger partial charge in [0.2, 0.25) is 0 Å². The number of aromatic carboxylic acids is 1. The molecule has 0 aromatic heterocycles. The van der Waals surface area contributed by atoms with E-state index < -0.39 is 11.9 Å². The van der Waals surface area contributed by atoms with E-state index in [-0.39, 0.29) is 23.1 Å². The van der Waals surface area contributed by atoms with Crippen LogP contribution in [0.25, 0.3) is 0 Å². The highest BCUT2D eigenvalue weighted by Crippen LogP contribution is 2.18. The number of benzene rings is 2. The lowest BCUT2D eigenvalue weighted by molar-refractivity contribution is 0.0692. The fraction of sp³-hybridized carbons (Fsp3) is 0.167. The van der Waals surface area contributed by atoms with Crippen LogP contribution < -0.4 is 10.6 Å². The Balaban J connectivity index is 2.31. The van der Waals surface area contributed by atoms with Gasteiger partial charge in [-0.2, -0.15) is 0 Å². The number of rotatable bonds is 5. The van der Waals surface area contributed by atoms with E-state index in [4.69, 9.17) is 0 Å². The van der Waals surface area contributed by atoms with Crippen LogP contribution in [0.3, 0.4) is 0 Å². The molecule has 0 saturated heterocycles. The lowest BCUT2D eigenvalue weighted by Crippen LogP contribution is -2.31. The zero-order chi connectivity index (χ0) is 17.7. The van der Waals surface area contributed by atoms with Crippen molar-refractivity contribution in [3.8, 4) is 0 Å². The molecule has 124 valence electrons. The molecule has 0 aliphatic heterocycles. The van der Waals surface area contributed by atoms with E-state index in [1.54, 1.807) is 36.4 Å². The molecule has 2 aromatic rings. The van der Waals surface area contributed by atoms with Gasteiger partial charge in [0.1, 0.15) is 0 Å². The lowest BCUT2D eigenvalue weighted by atomic mass is 10.1. The van der Waals surface area contributed by atoms with Gasteiger partial charge in [0, 0.05) is 6.04 Å². The van der Waals surface area contributed by atoms with E-state index in [1.165, 1.54) is 12.1 Å². The van der Waals surface area contributed by atoms with Crippen LogP contribution in [0.5, 0.6) is 0 Å². The first kappa shape index (κ1) is 17.2. The fourth-order valence-corrected chi connectivity index (χ4v) is 2.19. The van der Waals surface area contributed by atoms with E-state index >= 15 is 0 Å². The Morgan fingerprint density at radius 1 is 0.833 bits per heavy atom. The van der Waals surface area contributed by atoms with Crippen molar-refractivity contribution in [2.24, 2.45) is 0 Å². The molecule has 0 aliphatic carbocycles. The number of carboxylic acid groups (broad SMARTS) is 1. The van der Waals surface area contributed by atoms with E-state index in [9.17, 15) is 19.5 Å². The summed E-state index contributed by atoms with van der Waals surface area (Å²) in [5.74, 6) is -2.09. The van der Waals surface area contributed by atoms with Gasteiger partial charge >= 0.3 is 5.97 Å². The minimum Gasteiger partial charge on any atom is -0.478 e. The summed E-state index contributed by atoms with van der Waals surface area (Å²) in [5.41, 5.74) is 0.566. The average molecular weight is 326 g/mol. The van der Waals surface area contributed by atoms with Gasteiger partial charge in [0.05, 0.1) is 22.4 Å². The molecule has 0 heterocycles. The zero-order valence-corrected chi connectivity index (χ0v) is 13.4. The van der Waals surface area contributed by atoms with Crippen LogP contribution in [0.1, 0.15) is 44.9 Å². The summed E-state index contributed by atoms with van der Waals surface area (Å²) in [7, 11) is 0. The Labute approximate surface area is 139 Å². The van der Waals surface area contributed by atoms with Crippen LogP contribution in [0.4, 0.5) is 5.69 Å². The quantitative estimate of drug-likeness (QED) is 0.787. The molecular weight excluding hydrogens is 308 g/mol. The number of carbonyl (C=O) groups excluding carboxylic acids is 2. The normalized spacial score (nSPS) is 10.3. The van der Waals surface area contributed by atoms with Crippen LogP contribution in [0.15, 0.2) is 48.5 Å². The Morgan fingerprint density at radius 3 is 1.96 bits per heavy atom. The van der Waals surface area contributed by atoms with E-state index in [1.807, 2.05) is 13.8 Å². The van der Waals surface area contributed by atoms with Gasteiger partial charge in [-0.3, -0.25) is 9.59 Å². The summed E-state index contributed by atoms with van der Waals surface area (Å²) in [6.07, 6.45) is 0. The van der Waals surface area contributed by atoms with Crippen molar-refractivity contribution in [2.75, 3.05) is 5.32 Å². The first-order valence-corrected chi connectivity index (χ1v) is 7.43. The molecule has 6 heteroatoms. The van der Waals surface area contributed by atoms with E-state index in [0.717, 1.165) is 0 Å². The minimum absolute atomic E-state index is 0.0315. The maximum Gasteiger partial charge on any atom is 0.336 e. The van der Waals surface area contributed by atoms with Crippen molar-refractivity contribution in [1.82, 2.24) is 5.32 Å². The van der Waals surface area contributed by atoms with Gasteiger partial charge in [0.25, 0.3) is 11.8 Å². The average Bonchev–Trinajstić information content (AvgIpc) is 2.54. The van der Waals surface area contributed by atoms with Crippen molar-refractivity contribution in [2.45, 2.75) is 19.9 Å². The van der Waals surface area contributed by atoms with Gasteiger partial charge < -0.3 is 15.7 Å². The number of hydrogen-bond donors (Lipinski definition) is 3. The van der Waals surface area contributed by atoms with Crippen molar-refractivity contribution in [3.05, 3.63) is 65.2 Å². The summed E-state index contributed by atoms with van der Waals surface area (Å²) in [6.45, 7) is 3.67. The SMILES string of the molecule is CC(C)NC(=O)c1ccccc1NC(=O)c1ccccc1C(=O)O. The molecule has 0 bridgehead atoms. The van der Waals surface area contributed by atoms with Gasteiger partial charge in [-0.25, -0.2) is 4.79 Å². The van der Waals surface area contributed by atoms with Crippen LogP contribution in [0.2, 0.25) is 0 Å². The van der Waals surface area contributed by atoms with Gasteiger partial charge in [-0.05, 0) is 38.1 Å². The van der Waals surface area contributed by atoms with Crippen LogP contribution >= 0.6 is 0 Å². The first-order valence-electron chi connectivity index (χ1n) is 7.43. The number of carboxylic acids is 1. The molecule has 0 radical (unpaired) electrons. The monoisotopic (exact) mass is 326 g/mol. The topological polar surface area (TPSA) is 95.5 Å². The minimum atomic E-state index is -1.19. The predicted octanol–water partition coefficient (Wildman–Crippen LogP) is 2.78. The van der Waals surface area contributed by atoms with Gasteiger partial charge in [-0.1, -0.05) is 24.3 Å². The number of para-hydroxylation sites is 1. The highest BCUT2D eigenvalue weighted by molar-refractivity contribution is 6.13. The molecule has 0 unspecified atom stereocenters. The Hall–Kier alpha value is -3.15. The molecule has 24 heavy (non-hydrogen) atoms. The maximum absolute atomic E-state index is 12.4. The van der Waals surface area contributed by atoms with Crippen molar-refractivity contribution < 1.29 is 19.5 Å². The van der Waals surface area contributed by atoms with Gasteiger partial charge in [-0.15, -0.1) is 0 Å². The van der Waals surface area contributed by atoms with Crippen molar-refractivity contribution in [3.63, 3.8) is 0 Å². The molecule has 6 nitrogen and oxygen atoms in total. The number of amides is 2. The summed E-state index contributed by atoms with van der Waals surface area (Å²) >= 11 is 0. The molecule has 0 atom stereocenters. The smallest absolute Gasteiger partial charge is 0.336 e. The summed E-state index contributed by atoms with van der Waals surface area (Å²) < 4.78 is 0. The summed E-state index contributed by atoms with van der Waals surface area (Å²) in [5, 5.41) is 14.5. The maximum atomic E-state index is 12.4. The summed E-state index contributed by atoms with van der Waals surface area (Å²) in [6, 6.07) is 12.4. The molecule has 2 aromatic carbocycles. The van der Waals surface area contributed by atoms with E-state index in [0.29, 0.717) is 11.3 Å². The second-order valence-corrected chi connectivity index (χ2v) is 5.48. The number of hydrogen-bond acceptors (Lipinski definition) is 3.